The average Bonchev–Trinajstić information content (AvgIpc) is 3.71. The van der Waals surface area contributed by atoms with E-state index in [0.717, 1.165) is 60.7 Å². The van der Waals surface area contributed by atoms with Crippen LogP contribution in [0.15, 0.2) is 61.3 Å². The molecule has 1 fully saturated rings. The van der Waals surface area contributed by atoms with E-state index in [9.17, 15) is 27.5 Å². The zero-order chi connectivity index (χ0) is 36.7. The number of aromatic carboxylic acids is 1. The molecule has 0 spiro atoms. The van der Waals surface area contributed by atoms with Crippen LogP contribution in [0.4, 0.5) is 17.6 Å². The molecule has 0 bridgehead atoms. The van der Waals surface area contributed by atoms with E-state index in [1.165, 1.54) is 6.07 Å². The van der Waals surface area contributed by atoms with E-state index < -0.39 is 23.9 Å². The summed E-state index contributed by atoms with van der Waals surface area (Å²) < 4.78 is 56.2. The van der Waals surface area contributed by atoms with Gasteiger partial charge in [0.1, 0.15) is 23.9 Å². The number of carbonyl (C=O) groups is 2. The Morgan fingerprint density at radius 3 is 2.43 bits per heavy atom. The van der Waals surface area contributed by atoms with Crippen molar-refractivity contribution in [1.29, 1.82) is 5.26 Å². The summed E-state index contributed by atoms with van der Waals surface area (Å²) in [7, 11) is 0. The number of carboxylic acid groups (broad SMARTS) is 2. The summed E-state index contributed by atoms with van der Waals surface area (Å²) in [5.74, 6) is -2.86. The molecule has 1 saturated heterocycles. The van der Waals surface area contributed by atoms with Gasteiger partial charge in [0.05, 0.1) is 53.3 Å². The van der Waals surface area contributed by atoms with Crippen LogP contribution in [0.3, 0.4) is 0 Å². The van der Waals surface area contributed by atoms with Crippen molar-refractivity contribution in [3.05, 3.63) is 101 Å². The summed E-state index contributed by atoms with van der Waals surface area (Å²) in [6.07, 6.45) is 3.41. The maximum absolute atomic E-state index is 14.4. The number of alkyl halides is 3. The van der Waals surface area contributed by atoms with Gasteiger partial charge in [0.15, 0.2) is 0 Å². The number of likely N-dealkylation sites (tertiary alicyclic amines) is 1. The van der Waals surface area contributed by atoms with Crippen molar-refractivity contribution in [3.63, 3.8) is 0 Å². The van der Waals surface area contributed by atoms with Crippen LogP contribution >= 0.6 is 0 Å². The molecule has 5 aromatic rings. The monoisotopic (exact) mass is 708 g/mol. The summed E-state index contributed by atoms with van der Waals surface area (Å²) in [5, 5.41) is 25.7. The topological polar surface area (TPSA) is 172 Å². The van der Waals surface area contributed by atoms with Crippen molar-refractivity contribution in [3.8, 4) is 11.9 Å². The molecule has 0 unspecified atom stereocenters. The lowest BCUT2D eigenvalue weighted by Crippen LogP contribution is -2.34. The number of halogens is 4. The maximum atomic E-state index is 14.4. The first-order chi connectivity index (χ1) is 24.4. The van der Waals surface area contributed by atoms with Gasteiger partial charge in [-0.3, -0.25) is 9.88 Å². The number of aliphatic carboxylic acids is 1. The molecule has 1 aliphatic rings. The SMILES string of the molecule is CCn1cncc1Cn1c(CN2CCC(c3nccnc3OCc3ccc(C#N)cc3F)CC2)nc2ccc(C(=O)O)cc21.O=C(O)C(F)(F)F. The summed E-state index contributed by atoms with van der Waals surface area (Å²) in [6, 6.07) is 11.3. The Balaban J connectivity index is 0.000000654. The van der Waals surface area contributed by atoms with Crippen molar-refractivity contribution in [2.45, 2.75) is 58.1 Å². The van der Waals surface area contributed by atoms with Crippen molar-refractivity contribution in [1.82, 2.24) is 34.0 Å². The van der Waals surface area contributed by atoms with Crippen LogP contribution in [0.25, 0.3) is 11.0 Å². The second kappa shape index (κ2) is 15.8. The lowest BCUT2D eigenvalue weighted by Gasteiger charge is -2.31. The van der Waals surface area contributed by atoms with Crippen LogP contribution in [-0.4, -0.2) is 75.4 Å². The molecular weight excluding hydrogens is 676 g/mol. The van der Waals surface area contributed by atoms with Crippen molar-refractivity contribution in [2.75, 3.05) is 13.1 Å². The Morgan fingerprint density at radius 2 is 1.78 bits per heavy atom. The minimum Gasteiger partial charge on any atom is -0.478 e. The number of hydrogen-bond donors (Lipinski definition) is 2. The van der Waals surface area contributed by atoms with Gasteiger partial charge in [-0.2, -0.15) is 18.4 Å². The minimum absolute atomic E-state index is 0.0151. The number of ether oxygens (including phenoxy) is 1. The molecule has 6 rings (SSSR count). The molecular formula is C34H32F4N8O5. The van der Waals surface area contributed by atoms with E-state index in [2.05, 4.69) is 35.9 Å². The first-order valence-electron chi connectivity index (χ1n) is 15.7. The fourth-order valence-electron chi connectivity index (χ4n) is 5.70. The standard InChI is InChI=1S/C32H31FN8O3.C2HF3O2/c1-2-40-20-35-16-25(40)17-41-28-14-23(32(42)43)5-6-27(28)38-29(41)18-39-11-7-22(8-12-39)30-31(37-10-9-36-30)44-19-24-4-3-21(15-34)13-26(24)33;3-2(4,5)1(6)7/h3-6,9-10,13-14,16,20,22H,2,7-8,11-12,17-19H2,1H3,(H,42,43);(H,6,7). The highest BCUT2D eigenvalue weighted by Crippen LogP contribution is 2.33. The van der Waals surface area contributed by atoms with Crippen molar-refractivity contribution in [2.24, 2.45) is 0 Å². The van der Waals surface area contributed by atoms with Gasteiger partial charge in [-0.05, 0) is 63.2 Å². The van der Waals surface area contributed by atoms with Gasteiger partial charge in [-0.1, -0.05) is 6.07 Å². The van der Waals surface area contributed by atoms with Crippen molar-refractivity contribution >= 4 is 23.0 Å². The number of nitrogens with zero attached hydrogens (tertiary/aromatic N) is 8. The van der Waals surface area contributed by atoms with E-state index in [1.54, 1.807) is 49.1 Å². The molecule has 2 aromatic carbocycles. The molecule has 0 atom stereocenters. The summed E-state index contributed by atoms with van der Waals surface area (Å²) >= 11 is 0. The Bertz CT molecular complexity index is 2070. The van der Waals surface area contributed by atoms with Gasteiger partial charge in [-0.15, -0.1) is 0 Å². The van der Waals surface area contributed by atoms with E-state index in [-0.39, 0.29) is 23.7 Å². The van der Waals surface area contributed by atoms with Crippen LogP contribution in [-0.2, 0) is 31.0 Å². The van der Waals surface area contributed by atoms with Crippen molar-refractivity contribution < 1.29 is 42.1 Å². The Hall–Kier alpha value is -5.89. The molecule has 3 aromatic heterocycles. The number of rotatable bonds is 10. The van der Waals surface area contributed by atoms with E-state index >= 15 is 0 Å². The highest BCUT2D eigenvalue weighted by molar-refractivity contribution is 5.92. The molecule has 13 nitrogen and oxygen atoms in total. The van der Waals surface area contributed by atoms with E-state index in [1.807, 2.05) is 12.3 Å². The van der Waals surface area contributed by atoms with Crippen LogP contribution in [0, 0.1) is 17.1 Å². The van der Waals surface area contributed by atoms with E-state index in [0.29, 0.717) is 24.5 Å². The molecule has 4 heterocycles. The van der Waals surface area contributed by atoms with E-state index in [4.69, 9.17) is 24.9 Å². The van der Waals surface area contributed by atoms with Gasteiger partial charge in [0.2, 0.25) is 5.88 Å². The third kappa shape index (κ3) is 8.83. The highest BCUT2D eigenvalue weighted by atomic mass is 19.4. The van der Waals surface area contributed by atoms with Gasteiger partial charge >= 0.3 is 18.1 Å². The maximum Gasteiger partial charge on any atom is 0.490 e. The molecule has 0 aliphatic carbocycles. The Kier molecular flexibility index (Phi) is 11.2. The molecule has 0 radical (unpaired) electrons. The lowest BCUT2D eigenvalue weighted by atomic mass is 9.93. The zero-order valence-electron chi connectivity index (χ0n) is 27.2. The molecule has 0 saturated carbocycles. The number of fused-ring (bicyclic) bond motifs is 1. The van der Waals surface area contributed by atoms with Crippen LogP contribution in [0.1, 0.15) is 64.4 Å². The fraction of sp³-hybridized carbons (Fsp3) is 0.324. The van der Waals surface area contributed by atoms with Crippen LogP contribution < -0.4 is 4.74 Å². The van der Waals surface area contributed by atoms with Gasteiger partial charge in [0, 0.05) is 36.6 Å². The normalized spacial score (nSPS) is 13.7. The molecule has 2 N–H and O–H groups in total. The predicted octanol–water partition coefficient (Wildman–Crippen LogP) is 5.39. The van der Waals surface area contributed by atoms with Gasteiger partial charge in [-0.25, -0.2) is 28.9 Å². The second-order valence-electron chi connectivity index (χ2n) is 11.6. The largest absolute Gasteiger partial charge is 0.490 e. The smallest absolute Gasteiger partial charge is 0.478 e. The third-order valence-corrected chi connectivity index (χ3v) is 8.35. The summed E-state index contributed by atoms with van der Waals surface area (Å²) in [6.45, 7) is 5.54. The lowest BCUT2D eigenvalue weighted by molar-refractivity contribution is -0.192. The molecule has 266 valence electrons. The highest BCUT2D eigenvalue weighted by Gasteiger charge is 2.38. The molecule has 0 amide bonds. The number of nitriles is 1. The second-order valence-corrected chi connectivity index (χ2v) is 11.6. The minimum atomic E-state index is -5.08. The summed E-state index contributed by atoms with van der Waals surface area (Å²) in [5.41, 5.74) is 4.12. The quantitative estimate of drug-likeness (QED) is 0.178. The molecule has 17 heteroatoms. The number of benzene rings is 2. The number of hydrogen-bond acceptors (Lipinski definition) is 9. The molecule has 1 aliphatic heterocycles. The fourth-order valence-corrected chi connectivity index (χ4v) is 5.70. The number of piperidine rings is 1. The number of carboxylic acids is 2. The Morgan fingerprint density at radius 1 is 1.06 bits per heavy atom. The van der Waals surface area contributed by atoms with Gasteiger partial charge < -0.3 is 24.1 Å². The number of aromatic nitrogens is 6. The van der Waals surface area contributed by atoms with Crippen LogP contribution in [0.2, 0.25) is 0 Å². The number of aryl methyl sites for hydroxylation is 1. The molecule has 51 heavy (non-hydrogen) atoms. The Labute approximate surface area is 288 Å². The number of imidazole rings is 2. The van der Waals surface area contributed by atoms with Gasteiger partial charge in [0.25, 0.3) is 0 Å². The first kappa shape index (κ1) is 36.4. The predicted molar refractivity (Wildman–Crippen MR) is 172 cm³/mol. The van der Waals surface area contributed by atoms with Crippen LogP contribution in [0.5, 0.6) is 5.88 Å². The first-order valence-corrected chi connectivity index (χ1v) is 15.7. The zero-order valence-corrected chi connectivity index (χ0v) is 27.2. The average molecular weight is 709 g/mol. The summed E-state index contributed by atoms with van der Waals surface area (Å²) in [4.78, 5) is 41.1. The third-order valence-electron chi connectivity index (χ3n) is 8.35.